The highest BCUT2D eigenvalue weighted by Crippen LogP contribution is 2.37. The highest BCUT2D eigenvalue weighted by Gasteiger charge is 2.17. The standard InChI is InChI=1S/C48H32N4/c1-5-15-33(16-6-1)41-31-44(35-17-7-2-8-18-35)49-45(32-41)36-27-25-34(26-28-36)42-29-39-23-13-14-24-40(39)30-43(42)48-51-46(37-19-9-3-10-20-37)50-47(52-48)38-21-11-4-12-22-38/h1-32H. The second-order valence-electron chi connectivity index (χ2n) is 12.7. The minimum absolute atomic E-state index is 0.627. The van der Waals surface area contributed by atoms with Crippen molar-refractivity contribution in [3.05, 3.63) is 194 Å². The zero-order chi connectivity index (χ0) is 34.7. The Kier molecular flexibility index (Phi) is 8.16. The first-order chi connectivity index (χ1) is 25.7. The van der Waals surface area contributed by atoms with Crippen LogP contribution in [0.2, 0.25) is 0 Å². The van der Waals surface area contributed by atoms with Crippen LogP contribution in [0, 0.1) is 0 Å². The third kappa shape index (κ3) is 6.26. The third-order valence-corrected chi connectivity index (χ3v) is 9.32. The molecule has 0 radical (unpaired) electrons. The van der Waals surface area contributed by atoms with E-state index in [9.17, 15) is 0 Å². The monoisotopic (exact) mass is 664 g/mol. The lowest BCUT2D eigenvalue weighted by Crippen LogP contribution is -2.01. The Morgan fingerprint density at radius 2 is 0.615 bits per heavy atom. The van der Waals surface area contributed by atoms with Crippen molar-refractivity contribution >= 4 is 10.8 Å². The number of aromatic nitrogens is 4. The molecule has 2 aromatic heterocycles. The Morgan fingerprint density at radius 1 is 0.231 bits per heavy atom. The lowest BCUT2D eigenvalue weighted by Gasteiger charge is -2.14. The summed E-state index contributed by atoms with van der Waals surface area (Å²) in [6, 6.07) is 67.0. The minimum atomic E-state index is 0.627. The van der Waals surface area contributed by atoms with Gasteiger partial charge >= 0.3 is 0 Å². The highest BCUT2D eigenvalue weighted by molar-refractivity contribution is 5.96. The van der Waals surface area contributed by atoms with Gasteiger partial charge in [0, 0.05) is 27.8 Å². The van der Waals surface area contributed by atoms with E-state index in [0.717, 1.165) is 72.2 Å². The topological polar surface area (TPSA) is 51.6 Å². The Morgan fingerprint density at radius 3 is 1.13 bits per heavy atom. The molecule has 0 aliphatic rings. The van der Waals surface area contributed by atoms with E-state index in [1.807, 2.05) is 72.8 Å². The van der Waals surface area contributed by atoms with Gasteiger partial charge in [-0.15, -0.1) is 0 Å². The van der Waals surface area contributed by atoms with E-state index in [2.05, 4.69) is 121 Å². The van der Waals surface area contributed by atoms with Crippen molar-refractivity contribution in [1.29, 1.82) is 0 Å². The van der Waals surface area contributed by atoms with Gasteiger partial charge in [-0.25, -0.2) is 19.9 Å². The van der Waals surface area contributed by atoms with Gasteiger partial charge in [-0.05, 0) is 57.3 Å². The quantitative estimate of drug-likeness (QED) is 0.170. The Labute approximate surface area is 302 Å². The molecule has 0 spiro atoms. The van der Waals surface area contributed by atoms with Gasteiger partial charge in [-0.3, -0.25) is 0 Å². The molecule has 4 heteroatoms. The van der Waals surface area contributed by atoms with Crippen LogP contribution in [0.5, 0.6) is 0 Å². The Balaban J connectivity index is 1.19. The molecule has 0 saturated carbocycles. The maximum absolute atomic E-state index is 5.16. The molecule has 0 unspecified atom stereocenters. The number of benzene rings is 7. The van der Waals surface area contributed by atoms with Crippen molar-refractivity contribution in [3.8, 4) is 78.9 Å². The first kappa shape index (κ1) is 31.0. The first-order valence-corrected chi connectivity index (χ1v) is 17.4. The largest absolute Gasteiger partial charge is 0.248 e. The molecule has 244 valence electrons. The molecule has 0 N–H and O–H groups in total. The summed E-state index contributed by atoms with van der Waals surface area (Å²) in [5.74, 6) is 1.90. The summed E-state index contributed by atoms with van der Waals surface area (Å²) in [4.78, 5) is 20.3. The molecule has 0 bridgehead atoms. The van der Waals surface area contributed by atoms with Crippen molar-refractivity contribution in [2.75, 3.05) is 0 Å². The van der Waals surface area contributed by atoms with Gasteiger partial charge in [0.1, 0.15) is 0 Å². The van der Waals surface area contributed by atoms with E-state index < -0.39 is 0 Å². The van der Waals surface area contributed by atoms with Gasteiger partial charge in [0.25, 0.3) is 0 Å². The van der Waals surface area contributed by atoms with E-state index in [4.69, 9.17) is 19.9 Å². The maximum Gasteiger partial charge on any atom is 0.164 e. The molecule has 0 saturated heterocycles. The van der Waals surface area contributed by atoms with Gasteiger partial charge in [-0.1, -0.05) is 170 Å². The summed E-state index contributed by atoms with van der Waals surface area (Å²) in [6.07, 6.45) is 0. The summed E-state index contributed by atoms with van der Waals surface area (Å²) in [5, 5.41) is 2.27. The fourth-order valence-corrected chi connectivity index (χ4v) is 6.65. The molecule has 9 aromatic rings. The van der Waals surface area contributed by atoms with E-state index in [-0.39, 0.29) is 0 Å². The van der Waals surface area contributed by atoms with E-state index >= 15 is 0 Å². The average molecular weight is 665 g/mol. The molecular weight excluding hydrogens is 633 g/mol. The van der Waals surface area contributed by atoms with Crippen LogP contribution in [0.3, 0.4) is 0 Å². The van der Waals surface area contributed by atoms with Crippen LogP contribution in [0.1, 0.15) is 0 Å². The van der Waals surface area contributed by atoms with Crippen LogP contribution in [-0.4, -0.2) is 19.9 Å². The number of fused-ring (bicyclic) bond motifs is 1. The lowest BCUT2D eigenvalue weighted by atomic mass is 9.93. The molecule has 0 atom stereocenters. The van der Waals surface area contributed by atoms with Crippen LogP contribution in [0.25, 0.3) is 89.7 Å². The van der Waals surface area contributed by atoms with E-state index in [0.29, 0.717) is 17.5 Å². The van der Waals surface area contributed by atoms with Gasteiger partial charge in [0.05, 0.1) is 11.4 Å². The SMILES string of the molecule is c1ccc(-c2cc(-c3ccccc3)nc(-c3ccc(-c4cc5ccccc5cc4-c4nc(-c5ccccc5)nc(-c5ccccc5)n4)cc3)c2)cc1. The van der Waals surface area contributed by atoms with Crippen LogP contribution < -0.4 is 0 Å². The summed E-state index contributed by atoms with van der Waals surface area (Å²) in [7, 11) is 0. The van der Waals surface area contributed by atoms with Crippen LogP contribution in [-0.2, 0) is 0 Å². The summed E-state index contributed by atoms with van der Waals surface area (Å²) < 4.78 is 0. The lowest BCUT2D eigenvalue weighted by molar-refractivity contribution is 1.07. The van der Waals surface area contributed by atoms with Gasteiger partial charge < -0.3 is 0 Å². The second-order valence-corrected chi connectivity index (χ2v) is 12.7. The molecule has 2 heterocycles. The van der Waals surface area contributed by atoms with Crippen molar-refractivity contribution in [3.63, 3.8) is 0 Å². The van der Waals surface area contributed by atoms with Crippen molar-refractivity contribution in [1.82, 2.24) is 19.9 Å². The van der Waals surface area contributed by atoms with Crippen molar-refractivity contribution in [2.45, 2.75) is 0 Å². The fourth-order valence-electron chi connectivity index (χ4n) is 6.65. The molecule has 7 aromatic carbocycles. The predicted octanol–water partition coefficient (Wildman–Crippen LogP) is 12.1. The molecule has 52 heavy (non-hydrogen) atoms. The number of pyridine rings is 1. The Hall–Kier alpha value is -7.04. The zero-order valence-electron chi connectivity index (χ0n) is 28.3. The molecule has 0 fully saturated rings. The maximum atomic E-state index is 5.16. The van der Waals surface area contributed by atoms with Crippen molar-refractivity contribution in [2.24, 2.45) is 0 Å². The number of hydrogen-bond donors (Lipinski definition) is 0. The van der Waals surface area contributed by atoms with E-state index in [1.54, 1.807) is 0 Å². The van der Waals surface area contributed by atoms with Gasteiger partial charge in [0.2, 0.25) is 0 Å². The number of rotatable bonds is 7. The second kappa shape index (κ2) is 13.7. The summed E-state index contributed by atoms with van der Waals surface area (Å²) in [5.41, 5.74) is 11.2. The molecular formula is C48H32N4. The van der Waals surface area contributed by atoms with Crippen LogP contribution in [0.15, 0.2) is 194 Å². The predicted molar refractivity (Wildman–Crippen MR) is 213 cm³/mol. The normalized spacial score (nSPS) is 11.1. The van der Waals surface area contributed by atoms with Gasteiger partial charge in [0.15, 0.2) is 17.5 Å². The smallest absolute Gasteiger partial charge is 0.164 e. The zero-order valence-corrected chi connectivity index (χ0v) is 28.3. The molecule has 0 aliphatic heterocycles. The number of nitrogens with zero attached hydrogens (tertiary/aromatic N) is 4. The molecule has 4 nitrogen and oxygen atoms in total. The molecule has 0 aliphatic carbocycles. The Bertz CT molecular complexity index is 2530. The number of hydrogen-bond acceptors (Lipinski definition) is 4. The molecule has 9 rings (SSSR count). The van der Waals surface area contributed by atoms with Crippen LogP contribution >= 0.6 is 0 Å². The van der Waals surface area contributed by atoms with Crippen LogP contribution in [0.4, 0.5) is 0 Å². The third-order valence-electron chi connectivity index (χ3n) is 9.32. The fraction of sp³-hybridized carbons (Fsp3) is 0. The first-order valence-electron chi connectivity index (χ1n) is 17.4. The average Bonchev–Trinajstić information content (AvgIpc) is 3.24. The van der Waals surface area contributed by atoms with Gasteiger partial charge in [-0.2, -0.15) is 0 Å². The highest BCUT2D eigenvalue weighted by atomic mass is 15.0. The minimum Gasteiger partial charge on any atom is -0.248 e. The summed E-state index contributed by atoms with van der Waals surface area (Å²) in [6.45, 7) is 0. The molecule has 0 amide bonds. The van der Waals surface area contributed by atoms with Crippen molar-refractivity contribution < 1.29 is 0 Å². The summed E-state index contributed by atoms with van der Waals surface area (Å²) >= 11 is 0. The van der Waals surface area contributed by atoms with E-state index in [1.165, 1.54) is 0 Å².